The van der Waals surface area contributed by atoms with Crippen LogP contribution in [0.5, 0.6) is 0 Å². The van der Waals surface area contributed by atoms with E-state index in [1.807, 2.05) is 54.6 Å². The van der Waals surface area contributed by atoms with Gasteiger partial charge in [0, 0.05) is 28.0 Å². The van der Waals surface area contributed by atoms with Gasteiger partial charge in [-0.3, -0.25) is 0 Å². The smallest absolute Gasteiger partial charge is 0.227 e. The number of anilines is 3. The van der Waals surface area contributed by atoms with Crippen LogP contribution in [0.4, 0.5) is 17.1 Å². The minimum absolute atomic E-state index is 0.598. The monoisotopic (exact) mass is 578 g/mol. The maximum atomic E-state index is 6.40. The zero-order valence-corrected chi connectivity index (χ0v) is 24.2. The van der Waals surface area contributed by atoms with Crippen molar-refractivity contribution >= 4 is 60.9 Å². The van der Waals surface area contributed by atoms with Crippen molar-refractivity contribution in [3.63, 3.8) is 0 Å². The highest BCUT2D eigenvalue weighted by atomic mass is 16.4. The number of nitrogens with zero attached hydrogens (tertiary/aromatic N) is 2. The summed E-state index contributed by atoms with van der Waals surface area (Å²) in [6, 6.07) is 54.6. The van der Waals surface area contributed by atoms with E-state index in [4.69, 9.17) is 13.8 Å². The van der Waals surface area contributed by atoms with Gasteiger partial charge >= 0.3 is 0 Å². The quantitative estimate of drug-likeness (QED) is 0.204. The van der Waals surface area contributed by atoms with Crippen molar-refractivity contribution in [2.24, 2.45) is 0 Å². The first-order valence-corrected chi connectivity index (χ1v) is 15.0. The molecule has 0 amide bonds. The van der Waals surface area contributed by atoms with Gasteiger partial charge in [0.05, 0.1) is 5.39 Å². The molecular weight excluding hydrogens is 552 g/mol. The number of para-hydroxylation sites is 1. The minimum Gasteiger partial charge on any atom is -0.456 e. The molecule has 0 spiro atoms. The van der Waals surface area contributed by atoms with E-state index < -0.39 is 0 Å². The van der Waals surface area contributed by atoms with E-state index in [2.05, 4.69) is 108 Å². The number of rotatable bonds is 5. The van der Waals surface area contributed by atoms with Gasteiger partial charge in [0.1, 0.15) is 16.7 Å². The Kier molecular flexibility index (Phi) is 5.78. The molecule has 212 valence electrons. The highest BCUT2D eigenvalue weighted by Gasteiger charge is 2.19. The average Bonchev–Trinajstić information content (AvgIpc) is 3.71. The van der Waals surface area contributed by atoms with E-state index in [9.17, 15) is 0 Å². The van der Waals surface area contributed by atoms with Crippen molar-refractivity contribution in [1.82, 2.24) is 4.98 Å². The van der Waals surface area contributed by atoms with Gasteiger partial charge in [-0.05, 0) is 88.6 Å². The van der Waals surface area contributed by atoms with Gasteiger partial charge in [-0.2, -0.15) is 0 Å². The van der Waals surface area contributed by atoms with Crippen LogP contribution >= 0.6 is 0 Å². The van der Waals surface area contributed by atoms with Crippen molar-refractivity contribution in [3.8, 4) is 22.6 Å². The first-order chi connectivity index (χ1) is 22.3. The third-order valence-corrected chi connectivity index (χ3v) is 8.49. The Balaban J connectivity index is 1.19. The Hall–Kier alpha value is -6.13. The predicted molar refractivity (Wildman–Crippen MR) is 184 cm³/mol. The van der Waals surface area contributed by atoms with E-state index >= 15 is 0 Å². The van der Waals surface area contributed by atoms with Crippen LogP contribution in [-0.2, 0) is 0 Å². The van der Waals surface area contributed by atoms with Gasteiger partial charge in [-0.25, -0.2) is 4.98 Å². The summed E-state index contributed by atoms with van der Waals surface area (Å²) >= 11 is 0. The summed E-state index contributed by atoms with van der Waals surface area (Å²) in [5.41, 5.74) is 9.62. The Morgan fingerprint density at radius 1 is 0.467 bits per heavy atom. The van der Waals surface area contributed by atoms with Crippen LogP contribution in [0.25, 0.3) is 66.4 Å². The van der Waals surface area contributed by atoms with Gasteiger partial charge in [-0.1, -0.05) is 91.0 Å². The molecule has 9 aromatic rings. The van der Waals surface area contributed by atoms with Gasteiger partial charge in [-0.15, -0.1) is 0 Å². The maximum absolute atomic E-state index is 6.40. The van der Waals surface area contributed by atoms with Crippen LogP contribution in [0.15, 0.2) is 167 Å². The molecule has 0 aliphatic heterocycles. The minimum atomic E-state index is 0.598. The number of furan rings is 1. The number of oxazole rings is 1. The molecule has 0 N–H and O–H groups in total. The number of hydrogen-bond acceptors (Lipinski definition) is 4. The van der Waals surface area contributed by atoms with Crippen LogP contribution in [0, 0.1) is 0 Å². The molecule has 0 radical (unpaired) electrons. The van der Waals surface area contributed by atoms with Crippen LogP contribution in [-0.4, -0.2) is 4.98 Å². The highest BCUT2D eigenvalue weighted by molar-refractivity contribution is 6.17. The number of fused-ring (bicyclic) bond motifs is 6. The second kappa shape index (κ2) is 10.2. The van der Waals surface area contributed by atoms with E-state index in [1.165, 1.54) is 21.9 Å². The summed E-state index contributed by atoms with van der Waals surface area (Å²) in [6.45, 7) is 0. The lowest BCUT2D eigenvalue weighted by molar-refractivity contribution is 0.622. The van der Waals surface area contributed by atoms with E-state index in [0.29, 0.717) is 5.89 Å². The number of benzene rings is 7. The fourth-order valence-corrected chi connectivity index (χ4v) is 6.37. The van der Waals surface area contributed by atoms with E-state index in [-0.39, 0.29) is 0 Å². The summed E-state index contributed by atoms with van der Waals surface area (Å²) in [4.78, 5) is 7.08. The van der Waals surface area contributed by atoms with Crippen molar-refractivity contribution < 1.29 is 8.83 Å². The zero-order chi connectivity index (χ0) is 29.7. The van der Waals surface area contributed by atoms with Crippen molar-refractivity contribution in [1.29, 1.82) is 0 Å². The Morgan fingerprint density at radius 3 is 2.00 bits per heavy atom. The molecule has 0 fully saturated rings. The molecule has 4 heteroatoms. The summed E-state index contributed by atoms with van der Waals surface area (Å²) in [5, 5.41) is 4.40. The fraction of sp³-hybridized carbons (Fsp3) is 0. The van der Waals surface area contributed by atoms with Gasteiger partial charge in [0.15, 0.2) is 5.58 Å². The lowest BCUT2D eigenvalue weighted by atomic mass is 9.98. The van der Waals surface area contributed by atoms with Crippen LogP contribution < -0.4 is 4.90 Å². The predicted octanol–water partition coefficient (Wildman–Crippen LogP) is 11.7. The molecule has 2 aromatic heterocycles. The lowest BCUT2D eigenvalue weighted by Gasteiger charge is -2.25. The molecule has 0 aliphatic carbocycles. The Labute approximate surface area is 259 Å². The summed E-state index contributed by atoms with van der Waals surface area (Å²) in [7, 11) is 0. The van der Waals surface area contributed by atoms with Crippen molar-refractivity contribution in [2.75, 3.05) is 4.90 Å². The van der Waals surface area contributed by atoms with Gasteiger partial charge in [0.2, 0.25) is 5.89 Å². The SMILES string of the molecule is c1ccc(-c2nc3ccc4oc5ccc(N(c6ccccc6)c6ccc(-c7cccc8ccccc78)cc6)cc5c4c3o2)cc1. The maximum Gasteiger partial charge on any atom is 0.227 e. The molecule has 0 unspecified atom stereocenters. The molecule has 0 aliphatic rings. The van der Waals surface area contributed by atoms with E-state index in [0.717, 1.165) is 55.7 Å². The van der Waals surface area contributed by atoms with Crippen LogP contribution in [0.2, 0.25) is 0 Å². The lowest BCUT2D eigenvalue weighted by Crippen LogP contribution is -2.09. The molecule has 9 rings (SSSR count). The molecule has 4 nitrogen and oxygen atoms in total. The average molecular weight is 579 g/mol. The van der Waals surface area contributed by atoms with Crippen molar-refractivity contribution in [3.05, 3.63) is 158 Å². The molecule has 7 aromatic carbocycles. The molecule has 2 heterocycles. The normalized spacial score (nSPS) is 11.6. The van der Waals surface area contributed by atoms with Crippen LogP contribution in [0.3, 0.4) is 0 Å². The third-order valence-electron chi connectivity index (χ3n) is 8.49. The first kappa shape index (κ1) is 25.4. The summed E-state index contributed by atoms with van der Waals surface area (Å²) in [6.07, 6.45) is 0. The highest BCUT2D eigenvalue weighted by Crippen LogP contribution is 2.42. The Bertz CT molecular complexity index is 2470. The second-order valence-electron chi connectivity index (χ2n) is 11.2. The first-order valence-electron chi connectivity index (χ1n) is 15.0. The molecule has 45 heavy (non-hydrogen) atoms. The number of hydrogen-bond donors (Lipinski definition) is 0. The van der Waals surface area contributed by atoms with Crippen LogP contribution in [0.1, 0.15) is 0 Å². The molecule has 0 saturated carbocycles. The Morgan fingerprint density at radius 2 is 1.16 bits per heavy atom. The molecule has 0 bridgehead atoms. The summed E-state index contributed by atoms with van der Waals surface area (Å²) < 4.78 is 12.7. The standard InChI is InChI=1S/C41H26N2O2/c1-3-11-29(12-4-1)41-42-36-23-25-38-39(40(36)45-41)35-26-32(22-24-37(35)44-38)43(30-14-5-2-6-15-30)31-20-18-28(19-21-31)34-17-9-13-27-10-7-8-16-33(27)34/h1-26H. The molecule has 0 saturated heterocycles. The number of aromatic nitrogens is 1. The molecular formula is C41H26N2O2. The van der Waals surface area contributed by atoms with Gasteiger partial charge < -0.3 is 13.7 Å². The van der Waals surface area contributed by atoms with E-state index in [1.54, 1.807) is 0 Å². The van der Waals surface area contributed by atoms with Gasteiger partial charge in [0.25, 0.3) is 0 Å². The second-order valence-corrected chi connectivity index (χ2v) is 11.2. The zero-order valence-electron chi connectivity index (χ0n) is 24.2. The largest absolute Gasteiger partial charge is 0.456 e. The topological polar surface area (TPSA) is 42.4 Å². The summed E-state index contributed by atoms with van der Waals surface area (Å²) in [5.74, 6) is 0.598. The fourth-order valence-electron chi connectivity index (χ4n) is 6.37. The van der Waals surface area contributed by atoms with Crippen molar-refractivity contribution in [2.45, 2.75) is 0 Å². The third kappa shape index (κ3) is 4.27. The molecule has 0 atom stereocenters.